The van der Waals surface area contributed by atoms with Crippen molar-refractivity contribution in [1.82, 2.24) is 5.32 Å². The second kappa shape index (κ2) is 6.80. The second-order valence-corrected chi connectivity index (χ2v) is 6.91. The molecule has 1 aromatic rings. The molecule has 1 aliphatic rings. The van der Waals surface area contributed by atoms with Crippen LogP contribution in [0, 0.1) is 5.41 Å². The number of nitrogens with zero attached hydrogens (tertiary/aromatic N) is 1. The van der Waals surface area contributed by atoms with E-state index in [2.05, 4.69) is 38.2 Å². The summed E-state index contributed by atoms with van der Waals surface area (Å²) >= 11 is 5.95. The van der Waals surface area contributed by atoms with E-state index < -0.39 is 0 Å². The van der Waals surface area contributed by atoms with Gasteiger partial charge in [-0.2, -0.15) is 0 Å². The predicted molar refractivity (Wildman–Crippen MR) is 88.9 cm³/mol. The van der Waals surface area contributed by atoms with E-state index >= 15 is 0 Å². The van der Waals surface area contributed by atoms with Gasteiger partial charge >= 0.3 is 0 Å². The van der Waals surface area contributed by atoms with Crippen LogP contribution in [0.4, 0.5) is 5.69 Å². The number of hydrogen-bond donors (Lipinski definition) is 1. The van der Waals surface area contributed by atoms with Crippen LogP contribution in [0.15, 0.2) is 24.3 Å². The first-order valence-electron chi connectivity index (χ1n) is 7.63. The lowest BCUT2D eigenvalue weighted by Gasteiger charge is -2.25. The van der Waals surface area contributed by atoms with E-state index in [1.165, 1.54) is 5.56 Å². The number of carbonyl (C=O) groups is 1. The molecule has 0 saturated carbocycles. The molecule has 0 aliphatic carbocycles. The van der Waals surface area contributed by atoms with Gasteiger partial charge in [-0.25, -0.2) is 0 Å². The summed E-state index contributed by atoms with van der Waals surface area (Å²) in [7, 11) is 0. The van der Waals surface area contributed by atoms with Gasteiger partial charge in [-0.05, 0) is 36.5 Å². The quantitative estimate of drug-likeness (QED) is 0.812. The number of carbonyl (C=O) groups excluding carboxylic acids is 1. The highest BCUT2D eigenvalue weighted by Crippen LogP contribution is 2.24. The molecule has 2 rings (SSSR count). The lowest BCUT2D eigenvalue weighted by atomic mass is 9.95. The number of benzene rings is 1. The molecule has 0 bridgehead atoms. The van der Waals surface area contributed by atoms with Gasteiger partial charge < -0.3 is 10.2 Å². The summed E-state index contributed by atoms with van der Waals surface area (Å²) in [6.07, 6.45) is 1.64. The minimum atomic E-state index is 0.0950. The summed E-state index contributed by atoms with van der Waals surface area (Å²) in [5.41, 5.74) is 2.34. The number of halogens is 1. The van der Waals surface area contributed by atoms with Crippen molar-refractivity contribution < 1.29 is 4.79 Å². The van der Waals surface area contributed by atoms with Crippen LogP contribution in [0.2, 0.25) is 0 Å². The number of nitrogens with one attached hydrogen (secondary N) is 1. The molecule has 21 heavy (non-hydrogen) atoms. The molecule has 1 N–H and O–H groups in total. The first-order chi connectivity index (χ1) is 9.93. The molecule has 0 spiro atoms. The van der Waals surface area contributed by atoms with Gasteiger partial charge in [0.15, 0.2) is 0 Å². The zero-order valence-electron chi connectivity index (χ0n) is 13.2. The van der Waals surface area contributed by atoms with Gasteiger partial charge in [0.2, 0.25) is 5.91 Å². The maximum Gasteiger partial charge on any atom is 0.227 e. The van der Waals surface area contributed by atoms with Crippen LogP contribution in [0.5, 0.6) is 0 Å². The van der Waals surface area contributed by atoms with Crippen molar-refractivity contribution in [3.63, 3.8) is 0 Å². The summed E-state index contributed by atoms with van der Waals surface area (Å²) in [6.45, 7) is 8.18. The molecule has 116 valence electrons. The molecule has 1 aliphatic heterocycles. The summed E-state index contributed by atoms with van der Waals surface area (Å²) in [6, 6.07) is 8.57. The molecule has 1 heterocycles. The fraction of sp³-hybridized carbons (Fsp3) is 0.588. The number of hydrogen-bond acceptors (Lipinski definition) is 2. The fourth-order valence-corrected chi connectivity index (χ4v) is 2.55. The maximum absolute atomic E-state index is 11.7. The highest BCUT2D eigenvalue weighted by atomic mass is 35.5. The zero-order valence-corrected chi connectivity index (χ0v) is 13.9. The summed E-state index contributed by atoms with van der Waals surface area (Å²) < 4.78 is 0. The van der Waals surface area contributed by atoms with E-state index in [4.69, 9.17) is 11.6 Å². The molecule has 1 fully saturated rings. The molecule has 1 unspecified atom stereocenters. The Morgan fingerprint density at radius 2 is 2.00 bits per heavy atom. The van der Waals surface area contributed by atoms with E-state index in [0.29, 0.717) is 12.3 Å². The van der Waals surface area contributed by atoms with E-state index in [0.717, 1.165) is 25.2 Å². The van der Waals surface area contributed by atoms with Crippen molar-refractivity contribution in [3.05, 3.63) is 29.8 Å². The van der Waals surface area contributed by atoms with Gasteiger partial charge in [0.1, 0.15) is 0 Å². The second-order valence-electron chi connectivity index (χ2n) is 6.64. The Balaban J connectivity index is 1.96. The van der Waals surface area contributed by atoms with Gasteiger partial charge in [-0.1, -0.05) is 26.0 Å². The lowest BCUT2D eigenvalue weighted by Crippen LogP contribution is -2.32. The topological polar surface area (TPSA) is 32.3 Å². The van der Waals surface area contributed by atoms with Crippen LogP contribution in [0.3, 0.4) is 0 Å². The van der Waals surface area contributed by atoms with Crippen LogP contribution < -0.4 is 10.2 Å². The van der Waals surface area contributed by atoms with Crippen molar-refractivity contribution in [2.45, 2.75) is 39.7 Å². The van der Waals surface area contributed by atoms with Crippen LogP contribution in [-0.2, 0) is 4.79 Å². The third kappa shape index (κ3) is 4.21. The Labute approximate surface area is 132 Å². The summed E-state index contributed by atoms with van der Waals surface area (Å²) in [5, 5.41) is 3.52. The molecular formula is C17H25ClN2O. The molecule has 0 radical (unpaired) electrons. The Morgan fingerprint density at radius 1 is 1.33 bits per heavy atom. The van der Waals surface area contributed by atoms with Crippen molar-refractivity contribution in [2.24, 2.45) is 5.41 Å². The molecule has 1 aromatic carbocycles. The summed E-state index contributed by atoms with van der Waals surface area (Å²) in [5.74, 6) is 0.876. The van der Waals surface area contributed by atoms with Crippen molar-refractivity contribution in [3.8, 4) is 0 Å². The number of alkyl halides is 1. The highest BCUT2D eigenvalue weighted by Gasteiger charge is 2.22. The first-order valence-corrected chi connectivity index (χ1v) is 8.16. The Hall–Kier alpha value is -1.06. The SMILES string of the molecule is CC(NCC(C)(C)CCl)c1ccc(N2CCCC2=O)cc1. The average molecular weight is 309 g/mol. The van der Waals surface area contributed by atoms with Gasteiger partial charge in [-0.3, -0.25) is 4.79 Å². The monoisotopic (exact) mass is 308 g/mol. The van der Waals surface area contributed by atoms with E-state index in [1.54, 1.807) is 0 Å². The van der Waals surface area contributed by atoms with Crippen molar-refractivity contribution in [1.29, 1.82) is 0 Å². The zero-order chi connectivity index (χ0) is 15.5. The molecule has 4 heteroatoms. The summed E-state index contributed by atoms with van der Waals surface area (Å²) in [4.78, 5) is 13.6. The third-order valence-electron chi connectivity index (χ3n) is 4.03. The van der Waals surface area contributed by atoms with Crippen LogP contribution in [0.25, 0.3) is 0 Å². The van der Waals surface area contributed by atoms with Crippen molar-refractivity contribution in [2.75, 3.05) is 23.9 Å². The standard InChI is InChI=1S/C17H25ClN2O/c1-13(19-12-17(2,3)11-18)14-6-8-15(9-7-14)20-10-4-5-16(20)21/h6-9,13,19H,4-5,10-12H2,1-3H3. The maximum atomic E-state index is 11.7. The van der Waals surface area contributed by atoms with Crippen molar-refractivity contribution >= 4 is 23.2 Å². The number of rotatable bonds is 6. The average Bonchev–Trinajstić information content (AvgIpc) is 2.91. The Kier molecular flexibility index (Phi) is 5.28. The minimum absolute atomic E-state index is 0.0950. The van der Waals surface area contributed by atoms with E-state index in [-0.39, 0.29) is 17.4 Å². The van der Waals surface area contributed by atoms with E-state index in [1.807, 2.05) is 17.0 Å². The van der Waals surface area contributed by atoms with Crippen LogP contribution in [0.1, 0.15) is 45.2 Å². The smallest absolute Gasteiger partial charge is 0.227 e. The number of anilines is 1. The Morgan fingerprint density at radius 3 is 2.52 bits per heavy atom. The van der Waals surface area contributed by atoms with Gasteiger partial charge in [0.25, 0.3) is 0 Å². The van der Waals surface area contributed by atoms with Gasteiger partial charge in [-0.15, -0.1) is 11.6 Å². The predicted octanol–water partition coefficient (Wildman–Crippen LogP) is 3.73. The van der Waals surface area contributed by atoms with E-state index in [9.17, 15) is 4.79 Å². The van der Waals surface area contributed by atoms with Gasteiger partial charge in [0.05, 0.1) is 0 Å². The third-order valence-corrected chi connectivity index (χ3v) is 4.75. The molecule has 1 amide bonds. The normalized spacial score (nSPS) is 17.3. The molecular weight excluding hydrogens is 284 g/mol. The Bertz CT molecular complexity index is 484. The molecule has 0 aromatic heterocycles. The van der Waals surface area contributed by atoms with Crippen LogP contribution >= 0.6 is 11.6 Å². The fourth-order valence-electron chi connectivity index (χ4n) is 2.46. The van der Waals surface area contributed by atoms with Gasteiger partial charge in [0, 0.05) is 37.1 Å². The molecule has 3 nitrogen and oxygen atoms in total. The number of amides is 1. The molecule has 1 atom stereocenters. The largest absolute Gasteiger partial charge is 0.312 e. The lowest BCUT2D eigenvalue weighted by molar-refractivity contribution is -0.117. The van der Waals surface area contributed by atoms with Crippen LogP contribution in [-0.4, -0.2) is 24.9 Å². The molecule has 1 saturated heterocycles. The minimum Gasteiger partial charge on any atom is -0.312 e. The highest BCUT2D eigenvalue weighted by molar-refractivity contribution is 6.18. The first kappa shape index (κ1) is 16.3.